The number of amides is 1. The molecule has 1 saturated heterocycles. The Bertz CT molecular complexity index is 907. The molecular formula is C23H28ClN3O5. The molecule has 8 nitrogen and oxygen atoms in total. The highest BCUT2D eigenvalue weighted by atomic mass is 35.5. The van der Waals surface area contributed by atoms with Crippen LogP contribution in [0.3, 0.4) is 0 Å². The molecule has 2 aliphatic heterocycles. The average molecular weight is 462 g/mol. The minimum atomic E-state index is -0.523. The summed E-state index contributed by atoms with van der Waals surface area (Å²) in [6.07, 6.45) is 10.1. The van der Waals surface area contributed by atoms with E-state index in [0.717, 1.165) is 25.9 Å². The molecule has 9 heteroatoms. The van der Waals surface area contributed by atoms with E-state index >= 15 is 0 Å². The number of allylic oxidation sites excluding steroid dienone is 3. The van der Waals surface area contributed by atoms with Crippen molar-refractivity contribution in [1.82, 2.24) is 10.2 Å². The molecule has 0 bridgehead atoms. The molecule has 172 valence electrons. The van der Waals surface area contributed by atoms with E-state index in [1.165, 1.54) is 12.1 Å². The number of fused-ring (bicyclic) bond motifs is 1. The first-order valence-corrected chi connectivity index (χ1v) is 11.1. The fourth-order valence-electron chi connectivity index (χ4n) is 3.40. The Morgan fingerprint density at radius 2 is 1.94 bits per heavy atom. The van der Waals surface area contributed by atoms with Gasteiger partial charge < -0.3 is 24.9 Å². The van der Waals surface area contributed by atoms with Crippen LogP contribution in [0.5, 0.6) is 5.75 Å². The summed E-state index contributed by atoms with van der Waals surface area (Å²) in [5.41, 5.74) is 1.12. The summed E-state index contributed by atoms with van der Waals surface area (Å²) in [4.78, 5) is 32.0. The van der Waals surface area contributed by atoms with Crippen LogP contribution in [0.2, 0.25) is 5.02 Å². The molecule has 1 amide bonds. The first-order valence-electron chi connectivity index (χ1n) is 10.7. The van der Waals surface area contributed by atoms with Crippen molar-refractivity contribution in [3.63, 3.8) is 0 Å². The van der Waals surface area contributed by atoms with Gasteiger partial charge in [0.1, 0.15) is 5.75 Å². The number of hydrogen-bond acceptors (Lipinski definition) is 7. The van der Waals surface area contributed by atoms with Crippen molar-refractivity contribution in [2.24, 2.45) is 5.16 Å². The lowest BCUT2D eigenvalue weighted by Crippen LogP contribution is -2.47. The minimum absolute atomic E-state index is 0.0597. The molecule has 1 aromatic rings. The zero-order valence-electron chi connectivity index (χ0n) is 17.9. The SMILES string of the molecule is O=C1OCC/C=C/CC/C=C/C(=N/OCC(=O)N2CCNCC2)Cc2c1ccc(O)c2Cl. The van der Waals surface area contributed by atoms with Crippen LogP contribution in [0.4, 0.5) is 0 Å². The van der Waals surface area contributed by atoms with Crippen LogP contribution in [-0.4, -0.2) is 67.0 Å². The number of carbonyl (C=O) groups excluding carboxylic acids is 2. The molecule has 0 atom stereocenters. The van der Waals surface area contributed by atoms with Crippen LogP contribution >= 0.6 is 11.6 Å². The first-order chi connectivity index (χ1) is 15.6. The van der Waals surface area contributed by atoms with Gasteiger partial charge in [0.2, 0.25) is 0 Å². The van der Waals surface area contributed by atoms with Crippen LogP contribution in [0.25, 0.3) is 0 Å². The zero-order valence-corrected chi connectivity index (χ0v) is 18.6. The summed E-state index contributed by atoms with van der Waals surface area (Å²) in [5, 5.41) is 17.5. The number of nitrogens with zero attached hydrogens (tertiary/aromatic N) is 2. The molecule has 1 fully saturated rings. The summed E-state index contributed by atoms with van der Waals surface area (Å²) in [5.74, 6) is -0.795. The average Bonchev–Trinajstić information content (AvgIpc) is 2.80. The van der Waals surface area contributed by atoms with Crippen molar-refractivity contribution in [1.29, 1.82) is 0 Å². The standard InChI is InChI=1S/C23H28ClN3O5/c24-22-19-15-17(26-32-16-21(29)27-12-10-25-11-13-27)7-5-3-1-2-4-6-14-31-23(30)18(19)8-9-20(22)28/h2,4-5,7-9,25,28H,1,3,6,10-16H2/b4-2+,7-5+,26-17-. The van der Waals surface area contributed by atoms with E-state index < -0.39 is 5.97 Å². The van der Waals surface area contributed by atoms with Crippen molar-refractivity contribution < 1.29 is 24.3 Å². The molecule has 3 rings (SSSR count). The van der Waals surface area contributed by atoms with Gasteiger partial charge in [0, 0.05) is 32.6 Å². The van der Waals surface area contributed by atoms with Crippen molar-refractivity contribution in [2.75, 3.05) is 39.4 Å². The summed E-state index contributed by atoms with van der Waals surface area (Å²) in [7, 11) is 0. The highest BCUT2D eigenvalue weighted by Crippen LogP contribution is 2.31. The number of cyclic esters (lactones) is 1. The van der Waals surface area contributed by atoms with Crippen LogP contribution in [0, 0.1) is 0 Å². The van der Waals surface area contributed by atoms with Gasteiger partial charge in [-0.15, -0.1) is 0 Å². The molecule has 0 aromatic heterocycles. The number of nitrogens with one attached hydrogen (secondary N) is 1. The fourth-order valence-corrected chi connectivity index (χ4v) is 3.63. The highest BCUT2D eigenvalue weighted by molar-refractivity contribution is 6.33. The number of ether oxygens (including phenoxy) is 1. The zero-order chi connectivity index (χ0) is 22.8. The topological polar surface area (TPSA) is 100 Å². The lowest BCUT2D eigenvalue weighted by Gasteiger charge is -2.26. The van der Waals surface area contributed by atoms with E-state index in [4.69, 9.17) is 21.2 Å². The third-order valence-corrected chi connectivity index (χ3v) is 5.56. The molecule has 2 N–H and O–H groups in total. The summed E-state index contributed by atoms with van der Waals surface area (Å²) < 4.78 is 5.35. The van der Waals surface area contributed by atoms with Gasteiger partial charge in [0.05, 0.1) is 22.9 Å². The Morgan fingerprint density at radius 1 is 1.19 bits per heavy atom. The monoisotopic (exact) mass is 461 g/mol. The van der Waals surface area contributed by atoms with E-state index in [2.05, 4.69) is 10.5 Å². The fraction of sp³-hybridized carbons (Fsp3) is 0.435. The van der Waals surface area contributed by atoms with Gasteiger partial charge in [-0.05, 0) is 43.0 Å². The van der Waals surface area contributed by atoms with Gasteiger partial charge in [-0.1, -0.05) is 35.0 Å². The minimum Gasteiger partial charge on any atom is -0.506 e. The summed E-state index contributed by atoms with van der Waals surface area (Å²) in [6.45, 7) is 2.86. The number of esters is 1. The van der Waals surface area contributed by atoms with Crippen LogP contribution < -0.4 is 5.32 Å². The first kappa shape index (κ1) is 23.8. The maximum atomic E-state index is 12.6. The number of rotatable bonds is 3. The number of aromatic hydroxyl groups is 1. The summed E-state index contributed by atoms with van der Waals surface area (Å²) >= 11 is 6.32. The molecule has 2 aliphatic rings. The Balaban J connectivity index is 1.81. The molecule has 0 saturated carbocycles. The molecule has 2 heterocycles. The second-order valence-corrected chi connectivity index (χ2v) is 7.84. The number of carbonyl (C=O) groups is 2. The molecule has 0 aliphatic carbocycles. The predicted octanol–water partition coefficient (Wildman–Crippen LogP) is 2.85. The van der Waals surface area contributed by atoms with E-state index in [0.29, 0.717) is 30.8 Å². The predicted molar refractivity (Wildman–Crippen MR) is 122 cm³/mol. The normalized spacial score (nSPS) is 21.2. The Kier molecular flexibility index (Phi) is 9.13. The maximum absolute atomic E-state index is 12.6. The smallest absolute Gasteiger partial charge is 0.338 e. The molecular weight excluding hydrogens is 434 g/mol. The Hall–Kier alpha value is -2.84. The quantitative estimate of drug-likeness (QED) is 0.408. The van der Waals surface area contributed by atoms with Gasteiger partial charge >= 0.3 is 5.97 Å². The Labute approximate surface area is 192 Å². The van der Waals surface area contributed by atoms with Gasteiger partial charge in [0.25, 0.3) is 5.91 Å². The number of oxime groups is 1. The second-order valence-electron chi connectivity index (χ2n) is 7.46. The number of phenolic OH excluding ortho intramolecular Hbond substituents is 1. The number of benzene rings is 1. The van der Waals surface area contributed by atoms with E-state index in [9.17, 15) is 14.7 Å². The number of phenols is 1. The molecule has 0 radical (unpaired) electrons. The van der Waals surface area contributed by atoms with Crippen molar-refractivity contribution in [3.05, 3.63) is 52.6 Å². The van der Waals surface area contributed by atoms with Crippen molar-refractivity contribution in [3.8, 4) is 5.75 Å². The van der Waals surface area contributed by atoms with Gasteiger partial charge in [-0.3, -0.25) is 4.79 Å². The van der Waals surface area contributed by atoms with Crippen LogP contribution in [0.15, 0.2) is 41.6 Å². The number of halogens is 1. The van der Waals surface area contributed by atoms with Crippen molar-refractivity contribution in [2.45, 2.75) is 25.7 Å². The third kappa shape index (κ3) is 6.83. The number of hydrogen-bond donors (Lipinski definition) is 2. The number of piperazine rings is 1. The van der Waals surface area contributed by atoms with Crippen LogP contribution in [-0.2, 0) is 20.8 Å². The lowest BCUT2D eigenvalue weighted by atomic mass is 10.0. The van der Waals surface area contributed by atoms with Crippen molar-refractivity contribution >= 4 is 29.2 Å². The lowest BCUT2D eigenvalue weighted by molar-refractivity contribution is -0.136. The molecule has 1 aromatic carbocycles. The summed E-state index contributed by atoms with van der Waals surface area (Å²) in [6, 6.07) is 2.84. The highest BCUT2D eigenvalue weighted by Gasteiger charge is 2.20. The molecule has 0 unspecified atom stereocenters. The van der Waals surface area contributed by atoms with Gasteiger partial charge in [0.15, 0.2) is 6.61 Å². The van der Waals surface area contributed by atoms with E-state index in [1.807, 2.05) is 18.2 Å². The molecule has 0 spiro atoms. The molecule has 32 heavy (non-hydrogen) atoms. The second kappa shape index (κ2) is 12.3. The van der Waals surface area contributed by atoms with Crippen LogP contribution in [0.1, 0.15) is 35.2 Å². The largest absolute Gasteiger partial charge is 0.506 e. The van der Waals surface area contributed by atoms with E-state index in [-0.39, 0.29) is 41.9 Å². The van der Waals surface area contributed by atoms with E-state index in [1.54, 1.807) is 11.0 Å². The maximum Gasteiger partial charge on any atom is 0.338 e. The third-order valence-electron chi connectivity index (χ3n) is 5.13. The van der Waals surface area contributed by atoms with Gasteiger partial charge in [-0.2, -0.15) is 0 Å². The Morgan fingerprint density at radius 3 is 2.75 bits per heavy atom. The van der Waals surface area contributed by atoms with Gasteiger partial charge in [-0.25, -0.2) is 4.79 Å².